The molecule has 0 spiro atoms. The van der Waals surface area contributed by atoms with Crippen molar-refractivity contribution in [3.05, 3.63) is 34.9 Å². The SMILES string of the molecule is OCC12CC(Nc3nnc(-c4ccc(C(F)(F)F)cc4O)c4c3CCCC4)(C1)C2. The maximum atomic E-state index is 12.9. The Labute approximate surface area is 166 Å². The predicted octanol–water partition coefficient (Wildman–Crippen LogP) is 4.07. The van der Waals surface area contributed by atoms with Crippen molar-refractivity contribution in [2.75, 3.05) is 11.9 Å². The number of halogens is 3. The zero-order valence-electron chi connectivity index (χ0n) is 15.8. The number of phenols is 1. The number of fused-ring (bicyclic) bond motifs is 1. The first kappa shape index (κ1) is 18.7. The largest absolute Gasteiger partial charge is 0.507 e. The van der Waals surface area contributed by atoms with E-state index in [9.17, 15) is 23.4 Å². The monoisotopic (exact) mass is 405 g/mol. The van der Waals surface area contributed by atoms with Crippen LogP contribution in [0.2, 0.25) is 0 Å². The van der Waals surface area contributed by atoms with E-state index in [1.165, 1.54) is 6.07 Å². The van der Waals surface area contributed by atoms with Gasteiger partial charge in [-0.3, -0.25) is 0 Å². The molecule has 0 aliphatic heterocycles. The van der Waals surface area contributed by atoms with Crippen LogP contribution in [0.4, 0.5) is 19.0 Å². The molecule has 2 aromatic rings. The van der Waals surface area contributed by atoms with Crippen LogP contribution in [0, 0.1) is 5.41 Å². The van der Waals surface area contributed by atoms with Crippen LogP contribution in [0.3, 0.4) is 0 Å². The van der Waals surface area contributed by atoms with Crippen LogP contribution in [0.25, 0.3) is 11.3 Å². The summed E-state index contributed by atoms with van der Waals surface area (Å²) < 4.78 is 38.8. The first-order valence-corrected chi connectivity index (χ1v) is 9.92. The number of anilines is 1. The molecule has 29 heavy (non-hydrogen) atoms. The third-order valence-electron chi connectivity index (χ3n) is 6.73. The standard InChI is InChI=1S/C21H22F3N3O2/c22-21(23,24)12-5-6-15(16(29)7-12)17-13-3-1-2-4-14(13)18(27-26-17)25-20-8-19(9-20,10-20)11-28/h5-7,28-29H,1-4,8-11H2,(H,25,27). The fourth-order valence-corrected chi connectivity index (χ4v) is 5.42. The number of hydrogen-bond donors (Lipinski definition) is 3. The fraction of sp³-hybridized carbons (Fsp3) is 0.524. The van der Waals surface area contributed by atoms with Crippen LogP contribution in [0.5, 0.6) is 5.75 Å². The maximum absolute atomic E-state index is 12.9. The highest BCUT2D eigenvalue weighted by molar-refractivity contribution is 5.73. The molecule has 0 radical (unpaired) electrons. The molecule has 154 valence electrons. The second kappa shape index (κ2) is 6.08. The van der Waals surface area contributed by atoms with Crippen LogP contribution in [-0.4, -0.2) is 32.6 Å². The van der Waals surface area contributed by atoms with Crippen LogP contribution >= 0.6 is 0 Å². The number of aliphatic hydroxyl groups is 1. The number of phenolic OH excluding ortho intramolecular Hbond substituents is 1. The molecule has 3 saturated carbocycles. The lowest BCUT2D eigenvalue weighted by Crippen LogP contribution is -2.72. The van der Waals surface area contributed by atoms with E-state index in [0.717, 1.165) is 74.0 Å². The Morgan fingerprint density at radius 2 is 1.72 bits per heavy atom. The van der Waals surface area contributed by atoms with E-state index in [2.05, 4.69) is 15.5 Å². The molecule has 4 aliphatic rings. The van der Waals surface area contributed by atoms with Crippen LogP contribution in [0.1, 0.15) is 48.8 Å². The van der Waals surface area contributed by atoms with Crippen molar-refractivity contribution in [2.45, 2.75) is 56.7 Å². The molecular weight excluding hydrogens is 383 g/mol. The van der Waals surface area contributed by atoms with E-state index in [-0.39, 0.29) is 23.1 Å². The molecule has 3 N–H and O–H groups in total. The Kier molecular flexibility index (Phi) is 3.91. The summed E-state index contributed by atoms with van der Waals surface area (Å²) in [5, 5.41) is 31.9. The molecule has 8 heteroatoms. The van der Waals surface area contributed by atoms with Crippen molar-refractivity contribution in [1.29, 1.82) is 0 Å². The number of aromatic nitrogens is 2. The van der Waals surface area contributed by atoms with E-state index >= 15 is 0 Å². The Morgan fingerprint density at radius 1 is 1.03 bits per heavy atom. The van der Waals surface area contributed by atoms with E-state index in [1.54, 1.807) is 0 Å². The van der Waals surface area contributed by atoms with E-state index in [4.69, 9.17) is 0 Å². The highest BCUT2D eigenvalue weighted by Gasteiger charge is 2.67. The average molecular weight is 405 g/mol. The highest BCUT2D eigenvalue weighted by Crippen LogP contribution is 2.68. The normalized spacial score (nSPS) is 27.6. The first-order chi connectivity index (χ1) is 13.7. The Morgan fingerprint density at radius 3 is 2.34 bits per heavy atom. The summed E-state index contributed by atoms with van der Waals surface area (Å²) in [6.07, 6.45) is 1.82. The fourth-order valence-electron chi connectivity index (χ4n) is 5.42. The molecule has 6 rings (SSSR count). The van der Waals surface area contributed by atoms with Gasteiger partial charge in [-0.15, -0.1) is 10.2 Å². The van der Waals surface area contributed by atoms with Gasteiger partial charge in [-0.1, -0.05) is 0 Å². The van der Waals surface area contributed by atoms with E-state index < -0.39 is 17.5 Å². The number of nitrogens with zero attached hydrogens (tertiary/aromatic N) is 2. The van der Waals surface area contributed by atoms with Crippen LogP contribution in [0.15, 0.2) is 18.2 Å². The Bertz CT molecular complexity index is 970. The lowest BCUT2D eigenvalue weighted by Gasteiger charge is -2.70. The quantitative estimate of drug-likeness (QED) is 0.715. The summed E-state index contributed by atoms with van der Waals surface area (Å²) in [4.78, 5) is 0. The minimum absolute atomic E-state index is 0.0133. The van der Waals surface area contributed by atoms with Crippen molar-refractivity contribution >= 4 is 5.82 Å². The minimum atomic E-state index is -4.51. The molecule has 1 aromatic heterocycles. The van der Waals surface area contributed by atoms with E-state index in [0.29, 0.717) is 5.69 Å². The summed E-state index contributed by atoms with van der Waals surface area (Å²) >= 11 is 0. The molecule has 4 aliphatic carbocycles. The number of aromatic hydroxyl groups is 1. The van der Waals surface area contributed by atoms with Gasteiger partial charge in [-0.05, 0) is 68.7 Å². The molecule has 0 atom stereocenters. The van der Waals surface area contributed by atoms with Crippen molar-refractivity contribution in [1.82, 2.24) is 10.2 Å². The summed E-state index contributed by atoms with van der Waals surface area (Å²) in [5.74, 6) is 0.299. The van der Waals surface area contributed by atoms with Gasteiger partial charge in [-0.2, -0.15) is 13.2 Å². The van der Waals surface area contributed by atoms with Crippen LogP contribution < -0.4 is 5.32 Å². The Balaban J connectivity index is 1.49. The van der Waals surface area contributed by atoms with Gasteiger partial charge < -0.3 is 15.5 Å². The lowest BCUT2D eigenvalue weighted by atomic mass is 9.39. The number of nitrogens with one attached hydrogen (secondary N) is 1. The van der Waals surface area contributed by atoms with Gasteiger partial charge >= 0.3 is 6.18 Å². The number of aliphatic hydroxyl groups excluding tert-OH is 1. The summed E-state index contributed by atoms with van der Waals surface area (Å²) in [6, 6.07) is 2.99. The molecule has 0 saturated heterocycles. The molecule has 0 unspecified atom stereocenters. The van der Waals surface area contributed by atoms with Gasteiger partial charge in [0.1, 0.15) is 11.4 Å². The molecule has 3 fully saturated rings. The summed E-state index contributed by atoms with van der Waals surface area (Å²) in [7, 11) is 0. The summed E-state index contributed by atoms with van der Waals surface area (Å²) in [5.41, 5.74) is 1.91. The lowest BCUT2D eigenvalue weighted by molar-refractivity contribution is -0.146. The first-order valence-electron chi connectivity index (χ1n) is 9.92. The van der Waals surface area contributed by atoms with Gasteiger partial charge in [0.2, 0.25) is 0 Å². The topological polar surface area (TPSA) is 78.3 Å². The smallest absolute Gasteiger partial charge is 0.416 e. The second-order valence-electron chi connectivity index (χ2n) is 8.88. The van der Waals surface area contributed by atoms with Gasteiger partial charge in [-0.25, -0.2) is 0 Å². The van der Waals surface area contributed by atoms with Crippen molar-refractivity contribution < 1.29 is 23.4 Å². The second-order valence-corrected chi connectivity index (χ2v) is 8.88. The third-order valence-corrected chi connectivity index (χ3v) is 6.73. The number of benzene rings is 1. The van der Waals surface area contributed by atoms with Crippen molar-refractivity contribution in [3.8, 4) is 17.0 Å². The number of alkyl halides is 3. The van der Waals surface area contributed by atoms with Crippen molar-refractivity contribution in [3.63, 3.8) is 0 Å². The zero-order valence-corrected chi connectivity index (χ0v) is 15.8. The number of hydrogen-bond acceptors (Lipinski definition) is 5. The molecule has 5 nitrogen and oxygen atoms in total. The zero-order chi connectivity index (χ0) is 20.4. The maximum Gasteiger partial charge on any atom is 0.416 e. The van der Waals surface area contributed by atoms with Crippen molar-refractivity contribution in [2.24, 2.45) is 5.41 Å². The minimum Gasteiger partial charge on any atom is -0.507 e. The molecule has 1 aromatic carbocycles. The summed E-state index contributed by atoms with van der Waals surface area (Å²) in [6.45, 7) is 0.215. The predicted molar refractivity (Wildman–Crippen MR) is 101 cm³/mol. The average Bonchev–Trinajstić information content (AvgIpc) is 2.63. The third kappa shape index (κ3) is 2.87. The molecule has 0 amide bonds. The van der Waals surface area contributed by atoms with Gasteiger partial charge in [0.15, 0.2) is 5.82 Å². The highest BCUT2D eigenvalue weighted by atomic mass is 19.4. The van der Waals surface area contributed by atoms with Gasteiger partial charge in [0.25, 0.3) is 0 Å². The van der Waals surface area contributed by atoms with Crippen LogP contribution in [-0.2, 0) is 19.0 Å². The number of rotatable bonds is 4. The van der Waals surface area contributed by atoms with Gasteiger partial charge in [0.05, 0.1) is 5.56 Å². The Hall–Kier alpha value is -2.35. The van der Waals surface area contributed by atoms with E-state index in [1.807, 2.05) is 0 Å². The molecule has 1 heterocycles. The van der Waals surface area contributed by atoms with Gasteiger partial charge in [0, 0.05) is 28.7 Å². The molecule has 2 bridgehead atoms. The molecular formula is C21H22F3N3O2.